The summed E-state index contributed by atoms with van der Waals surface area (Å²) in [5.41, 5.74) is 6.85. The van der Waals surface area contributed by atoms with Gasteiger partial charge in [0.25, 0.3) is 0 Å². The highest BCUT2D eigenvalue weighted by Crippen LogP contribution is 2.26. The number of hydrogen-bond acceptors (Lipinski definition) is 3. The molecule has 4 N–H and O–H groups in total. The average Bonchev–Trinajstić information content (AvgIpc) is 2.54. The van der Waals surface area contributed by atoms with Crippen molar-refractivity contribution in [1.82, 2.24) is 5.32 Å². The van der Waals surface area contributed by atoms with Gasteiger partial charge in [0.05, 0.1) is 11.4 Å². The van der Waals surface area contributed by atoms with Crippen molar-refractivity contribution in [3.05, 3.63) is 59.1 Å². The zero-order valence-electron chi connectivity index (χ0n) is 12.9. The molecule has 0 fully saturated rings. The van der Waals surface area contributed by atoms with Crippen molar-refractivity contribution in [1.29, 1.82) is 0 Å². The van der Waals surface area contributed by atoms with E-state index in [4.69, 9.17) is 17.3 Å². The molecule has 0 aliphatic rings. The maximum Gasteiger partial charge on any atom is 0.319 e. The van der Waals surface area contributed by atoms with Crippen LogP contribution in [0.1, 0.15) is 5.56 Å². The molecule has 0 aliphatic carbocycles. The van der Waals surface area contributed by atoms with Crippen LogP contribution in [0.25, 0.3) is 0 Å². The Morgan fingerprint density at radius 2 is 1.92 bits per heavy atom. The normalized spacial score (nSPS) is 10.2. The summed E-state index contributed by atoms with van der Waals surface area (Å²) >= 11 is 7.22. The average molecular weight is 364 g/mol. The predicted molar refractivity (Wildman–Crippen MR) is 98.5 cm³/mol. The summed E-state index contributed by atoms with van der Waals surface area (Å²) in [7, 11) is 0. The van der Waals surface area contributed by atoms with Gasteiger partial charge in [-0.25, -0.2) is 4.79 Å². The molecule has 24 heavy (non-hydrogen) atoms. The van der Waals surface area contributed by atoms with Crippen LogP contribution < -0.4 is 16.4 Å². The molecule has 0 radical (unpaired) electrons. The molecule has 2 rings (SSSR count). The van der Waals surface area contributed by atoms with E-state index in [0.717, 1.165) is 10.5 Å². The molecule has 0 spiro atoms. The summed E-state index contributed by atoms with van der Waals surface area (Å²) < 4.78 is 0. The molecule has 0 heterocycles. The highest BCUT2D eigenvalue weighted by molar-refractivity contribution is 8.00. The first kappa shape index (κ1) is 18.2. The zero-order valence-corrected chi connectivity index (χ0v) is 14.5. The van der Waals surface area contributed by atoms with Crippen molar-refractivity contribution in [3.63, 3.8) is 0 Å². The number of primary amides is 1. The topological polar surface area (TPSA) is 84.2 Å². The Hall–Kier alpha value is -2.18. The molecular weight excluding hydrogens is 346 g/mol. The summed E-state index contributed by atoms with van der Waals surface area (Å²) in [6.45, 7) is 0.489. The predicted octanol–water partition coefficient (Wildman–Crippen LogP) is 3.28. The number of hydrogen-bond donors (Lipinski definition) is 3. The third kappa shape index (κ3) is 6.14. The number of halogens is 1. The van der Waals surface area contributed by atoms with Gasteiger partial charge in [0.15, 0.2) is 0 Å². The summed E-state index contributed by atoms with van der Waals surface area (Å²) in [5, 5.41) is 6.26. The standard InChI is InChI=1S/C17H18ClN3O2S/c18-13-5-3-4-12(10-13)8-9-20-17(23)21-14-6-1-2-7-15(14)24-11-16(19)22/h1-7,10H,8-9,11H2,(H2,19,22)(H2,20,21,23). The second-order valence-corrected chi connectivity index (χ2v) is 6.47. The molecule has 0 atom stereocenters. The van der Waals surface area contributed by atoms with Crippen molar-refractivity contribution in [3.8, 4) is 0 Å². The van der Waals surface area contributed by atoms with Crippen LogP contribution in [0, 0.1) is 0 Å². The van der Waals surface area contributed by atoms with Gasteiger partial charge in [0, 0.05) is 16.5 Å². The number of urea groups is 1. The maximum atomic E-state index is 12.0. The number of rotatable bonds is 7. The minimum Gasteiger partial charge on any atom is -0.369 e. The van der Waals surface area contributed by atoms with E-state index in [1.54, 1.807) is 6.07 Å². The van der Waals surface area contributed by atoms with Gasteiger partial charge in [-0.3, -0.25) is 4.79 Å². The lowest BCUT2D eigenvalue weighted by Crippen LogP contribution is -2.30. The SMILES string of the molecule is NC(=O)CSc1ccccc1NC(=O)NCCc1cccc(Cl)c1. The molecule has 0 bridgehead atoms. The smallest absolute Gasteiger partial charge is 0.319 e. The number of para-hydroxylation sites is 1. The number of benzene rings is 2. The van der Waals surface area contributed by atoms with Crippen molar-refractivity contribution in [2.24, 2.45) is 5.73 Å². The molecule has 0 saturated heterocycles. The van der Waals surface area contributed by atoms with E-state index in [9.17, 15) is 9.59 Å². The monoisotopic (exact) mass is 363 g/mol. The molecule has 126 valence electrons. The molecule has 2 aromatic carbocycles. The number of nitrogens with two attached hydrogens (primary N) is 1. The molecule has 7 heteroatoms. The van der Waals surface area contributed by atoms with E-state index >= 15 is 0 Å². The Bertz CT molecular complexity index is 724. The Balaban J connectivity index is 1.85. The van der Waals surface area contributed by atoms with Crippen molar-refractivity contribution >= 4 is 41.0 Å². The lowest BCUT2D eigenvalue weighted by atomic mass is 10.1. The second-order valence-electron chi connectivity index (χ2n) is 5.01. The first-order chi connectivity index (χ1) is 11.5. The second kappa shape index (κ2) is 9.20. The lowest BCUT2D eigenvalue weighted by molar-refractivity contribution is -0.115. The van der Waals surface area contributed by atoms with E-state index in [2.05, 4.69) is 10.6 Å². The largest absolute Gasteiger partial charge is 0.369 e. The molecular formula is C17H18ClN3O2S. The highest BCUT2D eigenvalue weighted by atomic mass is 35.5. The van der Waals surface area contributed by atoms with Crippen LogP contribution in [-0.2, 0) is 11.2 Å². The first-order valence-electron chi connectivity index (χ1n) is 7.34. The van der Waals surface area contributed by atoms with Gasteiger partial charge in [-0.05, 0) is 36.2 Å². The molecule has 5 nitrogen and oxygen atoms in total. The van der Waals surface area contributed by atoms with Gasteiger partial charge >= 0.3 is 6.03 Å². The number of nitrogens with one attached hydrogen (secondary N) is 2. The summed E-state index contributed by atoms with van der Waals surface area (Å²) in [5.74, 6) is -0.240. The van der Waals surface area contributed by atoms with E-state index in [-0.39, 0.29) is 11.8 Å². The summed E-state index contributed by atoms with van der Waals surface area (Å²) in [6.07, 6.45) is 0.687. The van der Waals surface area contributed by atoms with Crippen LogP contribution in [0.15, 0.2) is 53.4 Å². The fraction of sp³-hybridized carbons (Fsp3) is 0.176. The highest BCUT2D eigenvalue weighted by Gasteiger charge is 2.07. The molecule has 0 unspecified atom stereocenters. The van der Waals surface area contributed by atoms with E-state index < -0.39 is 5.91 Å². The quantitative estimate of drug-likeness (QED) is 0.660. The Labute approximate surface area is 150 Å². The number of carbonyl (C=O) groups is 2. The third-order valence-corrected chi connectivity index (χ3v) is 4.42. The van der Waals surface area contributed by atoms with E-state index in [1.165, 1.54) is 11.8 Å². The van der Waals surface area contributed by atoms with Gasteiger partial charge in [-0.1, -0.05) is 35.9 Å². The fourth-order valence-electron chi connectivity index (χ4n) is 2.02. The Morgan fingerprint density at radius 1 is 1.12 bits per heavy atom. The van der Waals surface area contributed by atoms with Crippen molar-refractivity contribution in [2.45, 2.75) is 11.3 Å². The number of anilines is 1. The fourth-order valence-corrected chi connectivity index (χ4v) is 2.98. The van der Waals surface area contributed by atoms with Gasteiger partial charge in [0.1, 0.15) is 0 Å². The zero-order chi connectivity index (χ0) is 17.4. The van der Waals surface area contributed by atoms with Crippen LogP contribution in [0.5, 0.6) is 0 Å². The van der Waals surface area contributed by atoms with E-state index in [0.29, 0.717) is 23.7 Å². The van der Waals surface area contributed by atoms with E-state index in [1.807, 2.05) is 42.5 Å². The van der Waals surface area contributed by atoms with Crippen LogP contribution in [0.2, 0.25) is 5.02 Å². The molecule has 0 aliphatic heterocycles. The first-order valence-corrected chi connectivity index (χ1v) is 8.70. The minimum absolute atomic E-state index is 0.162. The molecule has 2 aromatic rings. The lowest BCUT2D eigenvalue weighted by Gasteiger charge is -2.11. The van der Waals surface area contributed by atoms with Gasteiger partial charge < -0.3 is 16.4 Å². The summed E-state index contributed by atoms with van der Waals surface area (Å²) in [6, 6.07) is 14.5. The van der Waals surface area contributed by atoms with Crippen LogP contribution in [0.4, 0.5) is 10.5 Å². The number of carbonyl (C=O) groups excluding carboxylic acids is 2. The van der Waals surface area contributed by atoms with Crippen LogP contribution in [0.3, 0.4) is 0 Å². The Kier molecular flexibility index (Phi) is 6.96. The molecule has 0 aromatic heterocycles. The van der Waals surface area contributed by atoms with Gasteiger partial charge in [0.2, 0.25) is 5.91 Å². The number of thioether (sulfide) groups is 1. The molecule has 0 saturated carbocycles. The van der Waals surface area contributed by atoms with Crippen molar-refractivity contribution in [2.75, 3.05) is 17.6 Å². The summed E-state index contributed by atoms with van der Waals surface area (Å²) in [4.78, 5) is 23.7. The van der Waals surface area contributed by atoms with Gasteiger partial charge in [-0.2, -0.15) is 0 Å². The van der Waals surface area contributed by atoms with Gasteiger partial charge in [-0.15, -0.1) is 11.8 Å². The maximum absolute atomic E-state index is 12.0. The number of amides is 3. The van der Waals surface area contributed by atoms with Crippen molar-refractivity contribution < 1.29 is 9.59 Å². The van der Waals surface area contributed by atoms with Crippen LogP contribution in [-0.4, -0.2) is 24.2 Å². The minimum atomic E-state index is -0.402. The third-order valence-electron chi connectivity index (χ3n) is 3.09. The van der Waals surface area contributed by atoms with Crippen LogP contribution >= 0.6 is 23.4 Å². The Morgan fingerprint density at radius 3 is 2.67 bits per heavy atom. The molecule has 3 amide bonds.